The summed E-state index contributed by atoms with van der Waals surface area (Å²) < 4.78 is 4.55. The van der Waals surface area contributed by atoms with Crippen LogP contribution >= 0.6 is 0 Å². The van der Waals surface area contributed by atoms with Gasteiger partial charge in [-0.3, -0.25) is 9.59 Å². The summed E-state index contributed by atoms with van der Waals surface area (Å²) >= 11 is 0. The van der Waals surface area contributed by atoms with Gasteiger partial charge in [0.15, 0.2) is 0 Å². The fourth-order valence-electron chi connectivity index (χ4n) is 0.460. The zero-order chi connectivity index (χ0) is 10.7. The Kier molecular flexibility index (Phi) is 12.2. The van der Waals surface area contributed by atoms with Gasteiger partial charge < -0.3 is 9.84 Å². The lowest BCUT2D eigenvalue weighted by Crippen LogP contribution is -1.98. The summed E-state index contributed by atoms with van der Waals surface area (Å²) in [6.07, 6.45) is 1.93. The fourth-order valence-corrected chi connectivity index (χ4v) is 0.460. The van der Waals surface area contributed by atoms with Crippen LogP contribution in [0.4, 0.5) is 0 Å². The molecule has 4 nitrogen and oxygen atoms in total. The van der Waals surface area contributed by atoms with E-state index in [4.69, 9.17) is 5.11 Å². The Morgan fingerprint density at radius 1 is 1.23 bits per heavy atom. The molecule has 0 aliphatic carbocycles. The lowest BCUT2D eigenvalue weighted by molar-refractivity contribution is -0.141. The van der Waals surface area contributed by atoms with Gasteiger partial charge >= 0.3 is 11.9 Å². The molecule has 4 heteroatoms. The van der Waals surface area contributed by atoms with Crippen LogP contribution in [0.2, 0.25) is 0 Å². The highest BCUT2D eigenvalue weighted by atomic mass is 16.5. The highest BCUT2D eigenvalue weighted by Crippen LogP contribution is 1.82. The van der Waals surface area contributed by atoms with Crippen LogP contribution in [0.3, 0.4) is 0 Å². The van der Waals surface area contributed by atoms with Gasteiger partial charge in [-0.15, -0.1) is 0 Å². The molecule has 0 aromatic carbocycles. The highest BCUT2D eigenvalue weighted by Gasteiger charge is 1.87. The van der Waals surface area contributed by atoms with E-state index in [2.05, 4.69) is 4.74 Å². The molecule has 0 bridgehead atoms. The van der Waals surface area contributed by atoms with Crippen LogP contribution in [0.1, 0.15) is 40.0 Å². The maximum atomic E-state index is 9.98. The van der Waals surface area contributed by atoms with Gasteiger partial charge in [-0.1, -0.05) is 13.8 Å². The summed E-state index contributed by atoms with van der Waals surface area (Å²) in [4.78, 5) is 19.6. The second kappa shape index (κ2) is 10.9. The number of hydrogen-bond donors (Lipinski definition) is 1. The zero-order valence-corrected chi connectivity index (χ0v) is 8.50. The number of carbonyl (C=O) groups excluding carboxylic acids is 1. The summed E-state index contributed by atoms with van der Waals surface area (Å²) in [7, 11) is 0. The summed E-state index contributed by atoms with van der Waals surface area (Å²) in [5.41, 5.74) is 0. The number of carboxylic acid groups (broad SMARTS) is 1. The second-order valence-corrected chi connectivity index (χ2v) is 2.48. The van der Waals surface area contributed by atoms with Crippen molar-refractivity contribution >= 4 is 11.9 Å². The number of esters is 1. The van der Waals surface area contributed by atoms with E-state index >= 15 is 0 Å². The number of carboxylic acids is 1. The molecule has 0 saturated carbocycles. The average molecular weight is 190 g/mol. The molecular weight excluding hydrogens is 172 g/mol. The van der Waals surface area contributed by atoms with Crippen molar-refractivity contribution in [1.82, 2.24) is 0 Å². The van der Waals surface area contributed by atoms with E-state index in [1.165, 1.54) is 6.92 Å². The zero-order valence-electron chi connectivity index (χ0n) is 8.50. The first-order valence-electron chi connectivity index (χ1n) is 4.39. The number of hydrogen-bond acceptors (Lipinski definition) is 3. The van der Waals surface area contributed by atoms with Crippen molar-refractivity contribution < 1.29 is 19.4 Å². The lowest BCUT2D eigenvalue weighted by atomic mass is 10.4. The third-order valence-electron chi connectivity index (χ3n) is 0.973. The molecule has 78 valence electrons. The third kappa shape index (κ3) is 24.8. The molecule has 0 radical (unpaired) electrons. The van der Waals surface area contributed by atoms with Crippen LogP contribution in [0.15, 0.2) is 0 Å². The van der Waals surface area contributed by atoms with Crippen molar-refractivity contribution in [3.63, 3.8) is 0 Å². The van der Waals surface area contributed by atoms with Gasteiger partial charge in [-0.25, -0.2) is 0 Å². The molecule has 1 N–H and O–H groups in total. The first kappa shape index (κ1) is 14.5. The molecule has 0 fully saturated rings. The minimum atomic E-state index is -0.711. The van der Waals surface area contributed by atoms with Gasteiger partial charge in [0, 0.05) is 13.3 Å². The molecular formula is C9H18O4. The molecule has 0 spiro atoms. The van der Waals surface area contributed by atoms with Crippen molar-refractivity contribution in [2.45, 2.75) is 40.0 Å². The van der Waals surface area contributed by atoms with Gasteiger partial charge in [0.1, 0.15) is 0 Å². The van der Waals surface area contributed by atoms with Crippen LogP contribution in [-0.2, 0) is 14.3 Å². The van der Waals surface area contributed by atoms with Gasteiger partial charge in [0.05, 0.1) is 6.61 Å². The molecule has 0 amide bonds. The Bertz CT molecular complexity index is 143. The molecule has 13 heavy (non-hydrogen) atoms. The maximum absolute atomic E-state index is 9.98. The summed E-state index contributed by atoms with van der Waals surface area (Å²) in [5, 5.41) is 7.91. The Morgan fingerprint density at radius 3 is 1.85 bits per heavy atom. The Balaban J connectivity index is 0. The van der Waals surface area contributed by atoms with E-state index in [9.17, 15) is 9.59 Å². The lowest BCUT2D eigenvalue weighted by Gasteiger charge is -1.93. The van der Waals surface area contributed by atoms with Crippen LogP contribution in [0.25, 0.3) is 0 Å². The molecule has 0 atom stereocenters. The Labute approximate surface area is 78.9 Å². The molecule has 0 aliphatic heterocycles. The van der Waals surface area contributed by atoms with Gasteiger partial charge in [0.25, 0.3) is 0 Å². The third-order valence-corrected chi connectivity index (χ3v) is 0.973. The topological polar surface area (TPSA) is 63.6 Å². The Hall–Kier alpha value is -1.06. The van der Waals surface area contributed by atoms with Crippen molar-refractivity contribution in [2.75, 3.05) is 6.61 Å². The van der Waals surface area contributed by atoms with Crippen LogP contribution in [-0.4, -0.2) is 23.7 Å². The number of ether oxygens (including phenoxy) is 1. The maximum Gasteiger partial charge on any atom is 0.303 e. The smallest absolute Gasteiger partial charge is 0.303 e. The summed E-state index contributed by atoms with van der Waals surface area (Å²) in [5.74, 6) is -0.903. The molecule has 0 heterocycles. The molecule has 0 unspecified atom stereocenters. The fraction of sp³-hybridized carbons (Fsp3) is 0.778. The highest BCUT2D eigenvalue weighted by molar-refractivity contribution is 5.66. The van der Waals surface area contributed by atoms with E-state index in [1.807, 2.05) is 13.8 Å². The monoisotopic (exact) mass is 190 g/mol. The van der Waals surface area contributed by atoms with Crippen molar-refractivity contribution in [2.24, 2.45) is 0 Å². The predicted molar refractivity (Wildman–Crippen MR) is 49.5 cm³/mol. The van der Waals surface area contributed by atoms with E-state index in [-0.39, 0.29) is 5.97 Å². The first-order valence-corrected chi connectivity index (χ1v) is 4.39. The van der Waals surface area contributed by atoms with Gasteiger partial charge in [-0.05, 0) is 12.8 Å². The minimum absolute atomic E-state index is 0.193. The van der Waals surface area contributed by atoms with E-state index in [1.54, 1.807) is 0 Å². The molecule has 0 aliphatic rings. The summed E-state index contributed by atoms with van der Waals surface area (Å²) in [6.45, 7) is 5.77. The second-order valence-electron chi connectivity index (χ2n) is 2.48. The van der Waals surface area contributed by atoms with Crippen LogP contribution < -0.4 is 0 Å². The molecule has 0 aromatic heterocycles. The largest absolute Gasteiger partial charge is 0.481 e. The standard InChI is InChI=1S/C5H10O2.C4H8O2/c1-3-4-7-5(2)6;1-2-3-4(5)6/h3-4H2,1-2H3;2-3H2,1H3,(H,5,6). The number of carbonyl (C=O) groups is 2. The van der Waals surface area contributed by atoms with Crippen LogP contribution in [0, 0.1) is 0 Å². The Morgan fingerprint density at radius 2 is 1.77 bits per heavy atom. The molecule has 0 saturated heterocycles. The average Bonchev–Trinajstić information content (AvgIpc) is 2.01. The predicted octanol–water partition coefficient (Wildman–Crippen LogP) is 1.83. The SMILES string of the molecule is CCCC(=O)O.CCCOC(C)=O. The quantitative estimate of drug-likeness (QED) is 0.687. The molecule has 0 aromatic rings. The summed E-state index contributed by atoms with van der Waals surface area (Å²) in [6, 6.07) is 0. The van der Waals surface area contributed by atoms with Gasteiger partial charge in [0.2, 0.25) is 0 Å². The minimum Gasteiger partial charge on any atom is -0.481 e. The van der Waals surface area contributed by atoms with Crippen LogP contribution in [0.5, 0.6) is 0 Å². The number of rotatable bonds is 4. The van der Waals surface area contributed by atoms with E-state index < -0.39 is 5.97 Å². The van der Waals surface area contributed by atoms with Crippen molar-refractivity contribution in [1.29, 1.82) is 0 Å². The van der Waals surface area contributed by atoms with E-state index in [0.29, 0.717) is 13.0 Å². The molecule has 0 rings (SSSR count). The number of aliphatic carboxylic acids is 1. The normalized spacial score (nSPS) is 8.23. The van der Waals surface area contributed by atoms with Crippen molar-refractivity contribution in [3.05, 3.63) is 0 Å². The van der Waals surface area contributed by atoms with E-state index in [0.717, 1.165) is 12.8 Å². The van der Waals surface area contributed by atoms with Crippen molar-refractivity contribution in [3.8, 4) is 0 Å². The van der Waals surface area contributed by atoms with Gasteiger partial charge in [-0.2, -0.15) is 0 Å². The first-order chi connectivity index (χ1) is 6.04.